The first-order chi connectivity index (χ1) is 9.40. The Morgan fingerprint density at radius 2 is 2.10 bits per heavy atom. The van der Waals surface area contributed by atoms with E-state index in [0.717, 1.165) is 13.0 Å². The number of hydrogen-bond acceptors (Lipinski definition) is 4. The minimum Gasteiger partial charge on any atom is -0.476 e. The van der Waals surface area contributed by atoms with Gasteiger partial charge in [0.25, 0.3) is 0 Å². The molecule has 1 fully saturated rings. The Morgan fingerprint density at radius 1 is 1.40 bits per heavy atom. The SMILES string of the molecule is CC1CCC(C)N(c2cnc(C(C)C)nc2C(=O)O)C1. The van der Waals surface area contributed by atoms with E-state index in [2.05, 4.69) is 28.7 Å². The van der Waals surface area contributed by atoms with Crippen molar-refractivity contribution in [3.05, 3.63) is 17.7 Å². The van der Waals surface area contributed by atoms with Crippen molar-refractivity contribution in [3.8, 4) is 0 Å². The van der Waals surface area contributed by atoms with E-state index < -0.39 is 5.97 Å². The topological polar surface area (TPSA) is 66.3 Å². The minimum absolute atomic E-state index is 0.125. The zero-order valence-corrected chi connectivity index (χ0v) is 12.6. The molecular formula is C15H23N3O2. The molecule has 0 bridgehead atoms. The van der Waals surface area contributed by atoms with Gasteiger partial charge < -0.3 is 10.0 Å². The average Bonchev–Trinajstić information content (AvgIpc) is 2.40. The molecule has 1 N–H and O–H groups in total. The molecule has 110 valence electrons. The van der Waals surface area contributed by atoms with E-state index >= 15 is 0 Å². The van der Waals surface area contributed by atoms with Gasteiger partial charge in [0.15, 0.2) is 5.69 Å². The predicted molar refractivity (Wildman–Crippen MR) is 78.3 cm³/mol. The normalized spacial score (nSPS) is 23.1. The third kappa shape index (κ3) is 2.92. The number of aromatic nitrogens is 2. The van der Waals surface area contributed by atoms with E-state index in [1.807, 2.05) is 13.8 Å². The smallest absolute Gasteiger partial charge is 0.356 e. The minimum atomic E-state index is -0.977. The molecule has 0 spiro atoms. The second-order valence-electron chi connectivity index (χ2n) is 6.11. The third-order valence-electron chi connectivity index (χ3n) is 3.93. The number of carboxylic acid groups (broad SMARTS) is 1. The van der Waals surface area contributed by atoms with Crippen molar-refractivity contribution in [2.45, 2.75) is 52.5 Å². The summed E-state index contributed by atoms with van der Waals surface area (Å²) >= 11 is 0. The lowest BCUT2D eigenvalue weighted by molar-refractivity contribution is 0.0690. The zero-order valence-electron chi connectivity index (χ0n) is 12.6. The van der Waals surface area contributed by atoms with Crippen LogP contribution in [0.2, 0.25) is 0 Å². The highest BCUT2D eigenvalue weighted by molar-refractivity contribution is 5.92. The maximum Gasteiger partial charge on any atom is 0.356 e. The molecule has 0 radical (unpaired) electrons. The summed E-state index contributed by atoms with van der Waals surface area (Å²) in [5, 5.41) is 9.44. The monoisotopic (exact) mass is 277 g/mol. The van der Waals surface area contributed by atoms with Crippen molar-refractivity contribution < 1.29 is 9.90 Å². The Balaban J connectivity index is 2.42. The Bertz CT molecular complexity index is 502. The number of hydrogen-bond donors (Lipinski definition) is 1. The van der Waals surface area contributed by atoms with Crippen LogP contribution in [0.1, 0.15) is 62.8 Å². The predicted octanol–water partition coefficient (Wildman–Crippen LogP) is 2.92. The lowest BCUT2D eigenvalue weighted by Gasteiger charge is -2.38. The number of carbonyl (C=O) groups is 1. The van der Waals surface area contributed by atoms with Crippen LogP contribution >= 0.6 is 0 Å². The summed E-state index contributed by atoms with van der Waals surface area (Å²) in [6, 6.07) is 0.331. The molecule has 2 heterocycles. The van der Waals surface area contributed by atoms with Gasteiger partial charge in [0.2, 0.25) is 0 Å². The lowest BCUT2D eigenvalue weighted by atomic mass is 9.94. The number of rotatable bonds is 3. The van der Waals surface area contributed by atoms with Crippen LogP contribution in [0.5, 0.6) is 0 Å². The van der Waals surface area contributed by atoms with Crippen LogP contribution in [-0.4, -0.2) is 33.6 Å². The quantitative estimate of drug-likeness (QED) is 0.920. The summed E-state index contributed by atoms with van der Waals surface area (Å²) in [5.41, 5.74) is 0.783. The maximum atomic E-state index is 11.5. The molecule has 0 aromatic carbocycles. The van der Waals surface area contributed by atoms with Crippen molar-refractivity contribution >= 4 is 11.7 Å². The summed E-state index contributed by atoms with van der Waals surface area (Å²) in [7, 11) is 0. The summed E-state index contributed by atoms with van der Waals surface area (Å²) in [4.78, 5) is 22.2. The Morgan fingerprint density at radius 3 is 2.70 bits per heavy atom. The van der Waals surface area contributed by atoms with Crippen molar-refractivity contribution in [1.82, 2.24) is 9.97 Å². The van der Waals surface area contributed by atoms with Crippen molar-refractivity contribution in [1.29, 1.82) is 0 Å². The average molecular weight is 277 g/mol. The fourth-order valence-corrected chi connectivity index (χ4v) is 2.66. The van der Waals surface area contributed by atoms with Gasteiger partial charge in [-0.05, 0) is 25.7 Å². The second kappa shape index (κ2) is 5.77. The molecule has 2 atom stereocenters. The zero-order chi connectivity index (χ0) is 14.9. The third-order valence-corrected chi connectivity index (χ3v) is 3.93. The van der Waals surface area contributed by atoms with Gasteiger partial charge in [-0.1, -0.05) is 20.8 Å². The highest BCUT2D eigenvalue weighted by Crippen LogP contribution is 2.29. The number of nitrogens with zero attached hydrogens (tertiary/aromatic N) is 3. The molecular weight excluding hydrogens is 254 g/mol. The summed E-state index contributed by atoms with van der Waals surface area (Å²) in [6.45, 7) is 9.13. The van der Waals surface area contributed by atoms with Crippen molar-refractivity contribution in [3.63, 3.8) is 0 Å². The standard InChI is InChI=1S/C15H23N3O2/c1-9(2)14-16-7-12(13(17-14)15(19)20)18-8-10(3)5-6-11(18)4/h7,9-11H,5-6,8H2,1-4H3,(H,19,20). The first-order valence-electron chi connectivity index (χ1n) is 7.27. The molecule has 2 unspecified atom stereocenters. The van der Waals surface area contributed by atoms with Gasteiger partial charge in [-0.2, -0.15) is 0 Å². The molecule has 0 amide bonds. The summed E-state index contributed by atoms with van der Waals surface area (Å²) in [6.07, 6.45) is 3.94. The van der Waals surface area contributed by atoms with Crippen LogP contribution in [0.15, 0.2) is 6.20 Å². The molecule has 2 rings (SSSR count). The summed E-state index contributed by atoms with van der Waals surface area (Å²) < 4.78 is 0. The number of piperidine rings is 1. The van der Waals surface area contributed by atoms with Gasteiger partial charge in [-0.3, -0.25) is 0 Å². The Kier molecular flexibility index (Phi) is 4.26. The number of anilines is 1. The lowest BCUT2D eigenvalue weighted by Crippen LogP contribution is -2.42. The van der Waals surface area contributed by atoms with Gasteiger partial charge >= 0.3 is 5.97 Å². The Labute approximate surface area is 120 Å². The van der Waals surface area contributed by atoms with Crippen molar-refractivity contribution in [2.75, 3.05) is 11.4 Å². The Hall–Kier alpha value is -1.65. The molecule has 1 aliphatic heterocycles. The fraction of sp³-hybridized carbons (Fsp3) is 0.667. The highest BCUT2D eigenvalue weighted by Gasteiger charge is 2.28. The van der Waals surface area contributed by atoms with Gasteiger partial charge in [-0.15, -0.1) is 0 Å². The molecule has 1 aromatic rings. The van der Waals surface area contributed by atoms with E-state index in [9.17, 15) is 9.90 Å². The van der Waals surface area contributed by atoms with E-state index in [1.165, 1.54) is 6.42 Å². The van der Waals surface area contributed by atoms with Crippen LogP contribution in [0.4, 0.5) is 5.69 Å². The number of carboxylic acids is 1. The van der Waals surface area contributed by atoms with Gasteiger partial charge in [0.05, 0.1) is 11.9 Å². The molecule has 1 aromatic heterocycles. The first kappa shape index (κ1) is 14.8. The van der Waals surface area contributed by atoms with E-state index in [1.54, 1.807) is 6.20 Å². The highest BCUT2D eigenvalue weighted by atomic mass is 16.4. The summed E-state index contributed by atoms with van der Waals surface area (Å²) in [5.74, 6) is 0.302. The van der Waals surface area contributed by atoms with E-state index in [4.69, 9.17) is 0 Å². The van der Waals surface area contributed by atoms with Crippen LogP contribution in [0.3, 0.4) is 0 Å². The molecule has 20 heavy (non-hydrogen) atoms. The maximum absolute atomic E-state index is 11.5. The molecule has 5 nitrogen and oxygen atoms in total. The van der Waals surface area contributed by atoms with Gasteiger partial charge in [0.1, 0.15) is 5.82 Å². The van der Waals surface area contributed by atoms with Gasteiger partial charge in [-0.25, -0.2) is 14.8 Å². The van der Waals surface area contributed by atoms with Crippen LogP contribution in [0, 0.1) is 5.92 Å². The van der Waals surface area contributed by atoms with Crippen LogP contribution < -0.4 is 4.90 Å². The van der Waals surface area contributed by atoms with Crippen LogP contribution in [-0.2, 0) is 0 Å². The second-order valence-corrected chi connectivity index (χ2v) is 6.11. The van der Waals surface area contributed by atoms with Crippen LogP contribution in [0.25, 0.3) is 0 Å². The first-order valence-corrected chi connectivity index (χ1v) is 7.27. The number of aromatic carboxylic acids is 1. The molecule has 1 aliphatic rings. The molecule has 5 heteroatoms. The van der Waals surface area contributed by atoms with E-state index in [-0.39, 0.29) is 11.6 Å². The largest absolute Gasteiger partial charge is 0.476 e. The molecule has 1 saturated heterocycles. The van der Waals surface area contributed by atoms with Crippen molar-refractivity contribution in [2.24, 2.45) is 5.92 Å². The molecule has 0 saturated carbocycles. The van der Waals surface area contributed by atoms with E-state index in [0.29, 0.717) is 23.5 Å². The molecule has 0 aliphatic carbocycles. The fourth-order valence-electron chi connectivity index (χ4n) is 2.66. The van der Waals surface area contributed by atoms with Gasteiger partial charge in [0, 0.05) is 18.5 Å².